The van der Waals surface area contributed by atoms with Gasteiger partial charge in [-0.25, -0.2) is 4.98 Å². The first-order chi connectivity index (χ1) is 15.7. The number of rotatable bonds is 4. The number of carbonyl (C=O) groups is 1. The van der Waals surface area contributed by atoms with Crippen LogP contribution in [0.3, 0.4) is 0 Å². The Morgan fingerprint density at radius 1 is 1.19 bits per heavy atom. The highest BCUT2D eigenvalue weighted by atomic mass is 16.5. The summed E-state index contributed by atoms with van der Waals surface area (Å²) in [6, 6.07) is 9.74. The maximum Gasteiger partial charge on any atom is 0.230 e. The van der Waals surface area contributed by atoms with Crippen molar-refractivity contribution in [1.82, 2.24) is 30.3 Å². The Labute approximate surface area is 186 Å². The van der Waals surface area contributed by atoms with E-state index in [0.717, 1.165) is 37.9 Å². The number of benzene rings is 1. The van der Waals surface area contributed by atoms with Gasteiger partial charge in [-0.3, -0.25) is 14.7 Å². The van der Waals surface area contributed by atoms with E-state index in [2.05, 4.69) is 36.4 Å². The van der Waals surface area contributed by atoms with Gasteiger partial charge in [-0.1, -0.05) is 17.3 Å². The second-order valence-electron chi connectivity index (χ2n) is 7.86. The number of nitriles is 1. The smallest absolute Gasteiger partial charge is 0.230 e. The lowest BCUT2D eigenvalue weighted by Crippen LogP contribution is -2.31. The Bertz CT molecular complexity index is 1060. The van der Waals surface area contributed by atoms with Crippen molar-refractivity contribution in [3.63, 3.8) is 0 Å². The summed E-state index contributed by atoms with van der Waals surface area (Å²) < 4.78 is 5.55. The van der Waals surface area contributed by atoms with E-state index < -0.39 is 0 Å². The van der Waals surface area contributed by atoms with Crippen molar-refractivity contribution in [2.45, 2.75) is 38.1 Å². The third-order valence-electron chi connectivity index (χ3n) is 5.57. The molecule has 1 aliphatic heterocycles. The molecule has 0 spiro atoms. The molecule has 1 atom stereocenters. The van der Waals surface area contributed by atoms with E-state index in [9.17, 15) is 4.79 Å². The molecule has 2 aromatic heterocycles. The van der Waals surface area contributed by atoms with Crippen LogP contribution in [0.5, 0.6) is 0 Å². The molecule has 3 heterocycles. The SMILES string of the molecule is N#Cc1ccc(CN2CCCC(c3nc(-c4cnccn4)no3)CCNC(=O)CC2)cc1. The van der Waals surface area contributed by atoms with Crippen LogP contribution in [0.4, 0.5) is 0 Å². The molecule has 9 nitrogen and oxygen atoms in total. The van der Waals surface area contributed by atoms with Gasteiger partial charge in [0.1, 0.15) is 5.69 Å². The van der Waals surface area contributed by atoms with E-state index in [1.54, 1.807) is 18.6 Å². The fourth-order valence-corrected chi connectivity index (χ4v) is 3.82. The Morgan fingerprint density at radius 2 is 2.06 bits per heavy atom. The van der Waals surface area contributed by atoms with Gasteiger partial charge in [0, 0.05) is 44.4 Å². The maximum atomic E-state index is 12.3. The average molecular weight is 432 g/mol. The summed E-state index contributed by atoms with van der Waals surface area (Å²) in [5, 5.41) is 16.1. The van der Waals surface area contributed by atoms with Crippen molar-refractivity contribution in [2.75, 3.05) is 19.6 Å². The average Bonchev–Trinajstić information content (AvgIpc) is 3.31. The fraction of sp³-hybridized carbons (Fsp3) is 0.391. The Hall–Kier alpha value is -3.64. The van der Waals surface area contributed by atoms with Crippen molar-refractivity contribution in [3.05, 3.63) is 59.9 Å². The van der Waals surface area contributed by atoms with Crippen molar-refractivity contribution in [1.29, 1.82) is 5.26 Å². The number of carbonyl (C=O) groups excluding carboxylic acids is 1. The lowest BCUT2D eigenvalue weighted by Gasteiger charge is -2.22. The molecule has 1 unspecified atom stereocenters. The first-order valence-electron chi connectivity index (χ1n) is 10.8. The number of hydrogen-bond donors (Lipinski definition) is 1. The molecule has 9 heteroatoms. The van der Waals surface area contributed by atoms with Gasteiger partial charge in [-0.2, -0.15) is 10.2 Å². The standard InChI is InChI=1S/C23H25N7O2/c24-14-17-3-5-18(6-4-17)16-30-12-1-2-19(7-9-27-21(31)8-13-30)23-28-22(29-32-23)20-15-25-10-11-26-20/h3-6,10-11,15,19H,1-2,7-9,12-13,16H2,(H,27,31). The molecular weight excluding hydrogens is 406 g/mol. The topological polar surface area (TPSA) is 121 Å². The Morgan fingerprint density at radius 3 is 2.84 bits per heavy atom. The highest BCUT2D eigenvalue weighted by molar-refractivity contribution is 5.76. The number of hydrogen-bond acceptors (Lipinski definition) is 8. The second-order valence-corrected chi connectivity index (χ2v) is 7.86. The number of amides is 1. The molecule has 0 saturated carbocycles. The summed E-state index contributed by atoms with van der Waals surface area (Å²) in [6.07, 6.45) is 7.81. The van der Waals surface area contributed by atoms with Gasteiger partial charge in [0.2, 0.25) is 17.6 Å². The largest absolute Gasteiger partial charge is 0.356 e. The summed E-state index contributed by atoms with van der Waals surface area (Å²) in [5.74, 6) is 1.09. The normalized spacial score (nSPS) is 18.3. The molecule has 1 saturated heterocycles. The minimum absolute atomic E-state index is 0.0428. The van der Waals surface area contributed by atoms with E-state index in [1.807, 2.05) is 24.3 Å². The molecule has 0 bridgehead atoms. The highest BCUT2D eigenvalue weighted by Gasteiger charge is 2.22. The molecule has 3 aromatic rings. The van der Waals surface area contributed by atoms with Gasteiger partial charge in [-0.05, 0) is 43.5 Å². The van der Waals surface area contributed by atoms with E-state index in [-0.39, 0.29) is 11.8 Å². The van der Waals surface area contributed by atoms with E-state index >= 15 is 0 Å². The molecule has 1 amide bonds. The van der Waals surface area contributed by atoms with E-state index in [0.29, 0.717) is 42.5 Å². The summed E-state index contributed by atoms with van der Waals surface area (Å²) in [6.45, 7) is 2.85. The third-order valence-corrected chi connectivity index (χ3v) is 5.57. The molecule has 1 aromatic carbocycles. The summed E-state index contributed by atoms with van der Waals surface area (Å²) >= 11 is 0. The van der Waals surface area contributed by atoms with Gasteiger partial charge in [0.05, 0.1) is 17.8 Å². The summed E-state index contributed by atoms with van der Waals surface area (Å²) in [5.41, 5.74) is 2.34. The zero-order chi connectivity index (χ0) is 22.2. The van der Waals surface area contributed by atoms with Gasteiger partial charge >= 0.3 is 0 Å². The Kier molecular flexibility index (Phi) is 7.15. The van der Waals surface area contributed by atoms with Crippen LogP contribution in [0.15, 0.2) is 47.4 Å². The zero-order valence-electron chi connectivity index (χ0n) is 17.8. The molecule has 1 fully saturated rings. The minimum atomic E-state index is 0.0428. The Balaban J connectivity index is 1.43. The molecule has 1 aliphatic rings. The summed E-state index contributed by atoms with van der Waals surface area (Å²) in [4.78, 5) is 27.4. The first kappa shape index (κ1) is 21.6. The lowest BCUT2D eigenvalue weighted by molar-refractivity contribution is -0.121. The maximum absolute atomic E-state index is 12.3. The van der Waals surface area contributed by atoms with Crippen LogP contribution in [-0.4, -0.2) is 50.5 Å². The van der Waals surface area contributed by atoms with E-state index in [4.69, 9.17) is 9.78 Å². The van der Waals surface area contributed by atoms with Crippen LogP contribution in [0.2, 0.25) is 0 Å². The molecule has 1 N–H and O–H groups in total. The fourth-order valence-electron chi connectivity index (χ4n) is 3.82. The van der Waals surface area contributed by atoms with Crippen molar-refractivity contribution < 1.29 is 9.32 Å². The van der Waals surface area contributed by atoms with Crippen LogP contribution >= 0.6 is 0 Å². The molecule has 4 rings (SSSR count). The van der Waals surface area contributed by atoms with Gasteiger partial charge in [0.25, 0.3) is 0 Å². The monoisotopic (exact) mass is 431 g/mol. The highest BCUT2D eigenvalue weighted by Crippen LogP contribution is 2.26. The number of nitrogens with one attached hydrogen (secondary N) is 1. The number of aromatic nitrogens is 4. The molecular formula is C23H25N7O2. The quantitative estimate of drug-likeness (QED) is 0.669. The molecule has 0 aliphatic carbocycles. The van der Waals surface area contributed by atoms with Crippen molar-refractivity contribution >= 4 is 5.91 Å². The van der Waals surface area contributed by atoms with Crippen LogP contribution in [0.25, 0.3) is 11.5 Å². The summed E-state index contributed by atoms with van der Waals surface area (Å²) in [7, 11) is 0. The third kappa shape index (κ3) is 5.74. The predicted molar refractivity (Wildman–Crippen MR) is 116 cm³/mol. The van der Waals surface area contributed by atoms with Crippen LogP contribution < -0.4 is 5.32 Å². The predicted octanol–water partition coefficient (Wildman–Crippen LogP) is 2.67. The lowest BCUT2D eigenvalue weighted by atomic mass is 9.99. The van der Waals surface area contributed by atoms with Gasteiger partial charge in [-0.15, -0.1) is 0 Å². The number of nitrogens with zero attached hydrogens (tertiary/aromatic N) is 6. The molecule has 32 heavy (non-hydrogen) atoms. The minimum Gasteiger partial charge on any atom is -0.356 e. The van der Waals surface area contributed by atoms with Gasteiger partial charge in [0.15, 0.2) is 0 Å². The molecule has 0 radical (unpaired) electrons. The second kappa shape index (κ2) is 10.6. The van der Waals surface area contributed by atoms with E-state index in [1.165, 1.54) is 0 Å². The molecule has 164 valence electrons. The zero-order valence-corrected chi connectivity index (χ0v) is 17.8. The first-order valence-corrected chi connectivity index (χ1v) is 10.8. The van der Waals surface area contributed by atoms with Crippen LogP contribution in [0.1, 0.15) is 48.6 Å². The van der Waals surface area contributed by atoms with Crippen LogP contribution in [-0.2, 0) is 11.3 Å². The van der Waals surface area contributed by atoms with Gasteiger partial charge < -0.3 is 9.84 Å². The van der Waals surface area contributed by atoms with Crippen molar-refractivity contribution in [3.8, 4) is 17.6 Å². The van der Waals surface area contributed by atoms with Crippen molar-refractivity contribution in [2.24, 2.45) is 0 Å². The van der Waals surface area contributed by atoms with Crippen LogP contribution in [0, 0.1) is 11.3 Å².